The van der Waals surface area contributed by atoms with Crippen molar-refractivity contribution in [1.82, 2.24) is 10.7 Å². The molecule has 7 heteroatoms. The highest BCUT2D eigenvalue weighted by Crippen LogP contribution is 2.19. The summed E-state index contributed by atoms with van der Waals surface area (Å²) in [5.41, 5.74) is 2.80. The van der Waals surface area contributed by atoms with E-state index in [0.717, 1.165) is 25.7 Å². The van der Waals surface area contributed by atoms with E-state index >= 15 is 0 Å². The molecular formula is C16H19Cl2N3O2. The van der Waals surface area contributed by atoms with Crippen LogP contribution in [0.4, 0.5) is 0 Å². The molecule has 1 aromatic rings. The van der Waals surface area contributed by atoms with Gasteiger partial charge in [0, 0.05) is 16.6 Å². The maximum atomic E-state index is 11.8. The Morgan fingerprint density at radius 2 is 1.78 bits per heavy atom. The zero-order valence-electron chi connectivity index (χ0n) is 12.6. The van der Waals surface area contributed by atoms with E-state index in [4.69, 9.17) is 23.2 Å². The topological polar surface area (TPSA) is 70.6 Å². The highest BCUT2D eigenvalue weighted by atomic mass is 35.5. The van der Waals surface area contributed by atoms with E-state index in [-0.39, 0.29) is 6.04 Å². The number of hydrogen-bond donors (Lipinski definition) is 2. The largest absolute Gasteiger partial charge is 0.345 e. The summed E-state index contributed by atoms with van der Waals surface area (Å²) >= 11 is 11.8. The molecule has 5 nitrogen and oxygen atoms in total. The fraction of sp³-hybridized carbons (Fsp3) is 0.438. The van der Waals surface area contributed by atoms with Crippen molar-refractivity contribution in [1.29, 1.82) is 0 Å². The maximum absolute atomic E-state index is 11.8. The summed E-state index contributed by atoms with van der Waals surface area (Å²) in [5.74, 6) is -1.44. The van der Waals surface area contributed by atoms with Gasteiger partial charge in [-0.3, -0.25) is 9.59 Å². The van der Waals surface area contributed by atoms with E-state index < -0.39 is 11.8 Å². The van der Waals surface area contributed by atoms with E-state index in [1.165, 1.54) is 19.1 Å². The van der Waals surface area contributed by atoms with Gasteiger partial charge in [0.2, 0.25) is 0 Å². The van der Waals surface area contributed by atoms with Gasteiger partial charge in [-0.1, -0.05) is 55.0 Å². The van der Waals surface area contributed by atoms with Gasteiger partial charge in [-0.25, -0.2) is 5.43 Å². The number of carbonyl (C=O) groups is 2. The molecule has 0 atom stereocenters. The lowest BCUT2D eigenvalue weighted by Gasteiger charge is -2.14. The summed E-state index contributed by atoms with van der Waals surface area (Å²) in [6.45, 7) is 0. The van der Waals surface area contributed by atoms with Crippen LogP contribution in [-0.4, -0.2) is 24.1 Å². The summed E-state index contributed by atoms with van der Waals surface area (Å²) in [7, 11) is 0. The van der Waals surface area contributed by atoms with E-state index in [0.29, 0.717) is 15.6 Å². The van der Waals surface area contributed by atoms with Gasteiger partial charge >= 0.3 is 11.8 Å². The van der Waals surface area contributed by atoms with Crippen LogP contribution in [0.5, 0.6) is 0 Å². The Morgan fingerprint density at radius 3 is 2.43 bits per heavy atom. The molecule has 0 heterocycles. The van der Waals surface area contributed by atoms with Crippen molar-refractivity contribution in [3.63, 3.8) is 0 Å². The number of carbonyl (C=O) groups excluding carboxylic acids is 2. The normalized spacial score (nSPS) is 16.1. The molecule has 2 amide bonds. The third-order valence-corrected chi connectivity index (χ3v) is 4.29. The first-order chi connectivity index (χ1) is 11.1. The third-order valence-electron chi connectivity index (χ3n) is 3.73. The molecule has 1 saturated carbocycles. The van der Waals surface area contributed by atoms with Crippen LogP contribution in [0, 0.1) is 0 Å². The number of nitrogens with zero attached hydrogens (tertiary/aromatic N) is 1. The van der Waals surface area contributed by atoms with Crippen molar-refractivity contribution >= 4 is 41.2 Å². The fourth-order valence-corrected chi connectivity index (χ4v) is 2.95. The molecule has 124 valence electrons. The molecule has 0 bridgehead atoms. The number of hydrogen-bond acceptors (Lipinski definition) is 3. The molecule has 1 aliphatic rings. The number of amides is 2. The van der Waals surface area contributed by atoms with E-state index in [1.54, 1.807) is 18.2 Å². The van der Waals surface area contributed by atoms with E-state index in [2.05, 4.69) is 15.8 Å². The second-order valence-corrected chi connectivity index (χ2v) is 6.37. The van der Waals surface area contributed by atoms with E-state index in [9.17, 15) is 9.59 Å². The molecule has 1 fully saturated rings. The molecule has 0 spiro atoms. The van der Waals surface area contributed by atoms with Crippen LogP contribution in [0.3, 0.4) is 0 Å². The van der Waals surface area contributed by atoms with Gasteiger partial charge in [-0.15, -0.1) is 0 Å². The predicted octanol–water partition coefficient (Wildman–Crippen LogP) is 3.28. The SMILES string of the molecule is O=C(N/N=C\c1ccc(Cl)cc1Cl)C(=O)NC1CCCCCC1. The molecule has 0 saturated heterocycles. The minimum Gasteiger partial charge on any atom is -0.345 e. The minimum absolute atomic E-state index is 0.0745. The average molecular weight is 356 g/mol. The molecule has 2 N–H and O–H groups in total. The molecule has 1 aliphatic carbocycles. The molecule has 0 radical (unpaired) electrons. The summed E-state index contributed by atoms with van der Waals surface area (Å²) in [6, 6.07) is 4.98. The third kappa shape index (κ3) is 5.84. The van der Waals surface area contributed by atoms with Crippen LogP contribution in [0.2, 0.25) is 10.0 Å². The Morgan fingerprint density at radius 1 is 1.09 bits per heavy atom. The van der Waals surface area contributed by atoms with Gasteiger partial charge in [0.1, 0.15) is 0 Å². The lowest BCUT2D eigenvalue weighted by atomic mass is 10.1. The Labute approximate surface area is 145 Å². The first-order valence-electron chi connectivity index (χ1n) is 7.65. The van der Waals surface area contributed by atoms with Crippen molar-refractivity contribution in [2.45, 2.75) is 44.6 Å². The standard InChI is InChI=1S/C16H19Cl2N3O2/c17-12-8-7-11(14(18)9-12)10-19-21-16(23)15(22)20-13-5-3-1-2-4-6-13/h7-10,13H,1-6H2,(H,20,22)(H,21,23)/b19-10-. The molecule has 0 aromatic heterocycles. The van der Waals surface area contributed by atoms with Crippen LogP contribution in [0.1, 0.15) is 44.1 Å². The van der Waals surface area contributed by atoms with Crippen LogP contribution in [0.15, 0.2) is 23.3 Å². The maximum Gasteiger partial charge on any atom is 0.329 e. The Bertz CT molecular complexity index is 597. The van der Waals surface area contributed by atoms with Crippen LogP contribution in [0.25, 0.3) is 0 Å². The fourth-order valence-electron chi connectivity index (χ4n) is 2.49. The first-order valence-corrected chi connectivity index (χ1v) is 8.41. The molecule has 0 unspecified atom stereocenters. The van der Waals surface area contributed by atoms with Crippen molar-refractivity contribution in [2.75, 3.05) is 0 Å². The molecular weight excluding hydrogens is 337 g/mol. The van der Waals surface area contributed by atoms with Gasteiger partial charge in [-0.05, 0) is 25.0 Å². The second-order valence-electron chi connectivity index (χ2n) is 5.53. The predicted molar refractivity (Wildman–Crippen MR) is 91.8 cm³/mol. The van der Waals surface area contributed by atoms with Crippen molar-refractivity contribution in [3.05, 3.63) is 33.8 Å². The number of nitrogens with one attached hydrogen (secondary N) is 2. The van der Waals surface area contributed by atoms with Gasteiger partial charge in [0.15, 0.2) is 0 Å². The zero-order chi connectivity index (χ0) is 16.7. The van der Waals surface area contributed by atoms with E-state index in [1.807, 2.05) is 0 Å². The Balaban J connectivity index is 1.83. The first kappa shape index (κ1) is 17.8. The molecule has 1 aromatic carbocycles. The quantitative estimate of drug-likeness (QED) is 0.378. The van der Waals surface area contributed by atoms with Crippen molar-refractivity contribution < 1.29 is 9.59 Å². The highest BCUT2D eigenvalue weighted by molar-refractivity contribution is 6.36. The summed E-state index contributed by atoms with van der Waals surface area (Å²) in [5, 5.41) is 7.44. The number of rotatable bonds is 3. The highest BCUT2D eigenvalue weighted by Gasteiger charge is 2.19. The van der Waals surface area contributed by atoms with Crippen LogP contribution >= 0.6 is 23.2 Å². The smallest absolute Gasteiger partial charge is 0.329 e. The van der Waals surface area contributed by atoms with Gasteiger partial charge < -0.3 is 5.32 Å². The zero-order valence-corrected chi connectivity index (χ0v) is 14.2. The number of halogens is 2. The lowest BCUT2D eigenvalue weighted by Crippen LogP contribution is -2.43. The number of hydrazone groups is 1. The van der Waals surface area contributed by atoms with Crippen molar-refractivity contribution in [3.8, 4) is 0 Å². The summed E-state index contributed by atoms with van der Waals surface area (Å²) in [4.78, 5) is 23.6. The lowest BCUT2D eigenvalue weighted by molar-refractivity contribution is -0.139. The number of benzene rings is 1. The monoisotopic (exact) mass is 355 g/mol. The molecule has 2 rings (SSSR count). The van der Waals surface area contributed by atoms with Crippen molar-refractivity contribution in [2.24, 2.45) is 5.10 Å². The van der Waals surface area contributed by atoms with Crippen LogP contribution in [-0.2, 0) is 9.59 Å². The molecule has 0 aliphatic heterocycles. The van der Waals surface area contributed by atoms with Gasteiger partial charge in [0.05, 0.1) is 11.2 Å². The Kier molecular flexibility index (Phi) is 6.86. The Hall–Kier alpha value is -1.59. The summed E-state index contributed by atoms with van der Waals surface area (Å²) in [6.07, 6.45) is 7.75. The van der Waals surface area contributed by atoms with Crippen LogP contribution < -0.4 is 10.7 Å². The second kappa shape index (κ2) is 8.89. The summed E-state index contributed by atoms with van der Waals surface area (Å²) < 4.78 is 0. The average Bonchev–Trinajstić information content (AvgIpc) is 2.78. The van der Waals surface area contributed by atoms with Gasteiger partial charge in [-0.2, -0.15) is 5.10 Å². The van der Waals surface area contributed by atoms with Gasteiger partial charge in [0.25, 0.3) is 0 Å². The minimum atomic E-state index is -0.782. The molecule has 23 heavy (non-hydrogen) atoms.